The first-order chi connectivity index (χ1) is 13.6. The third kappa shape index (κ3) is 22.3. The van der Waals surface area contributed by atoms with E-state index in [-0.39, 0.29) is 0 Å². The van der Waals surface area contributed by atoms with Gasteiger partial charge in [0.25, 0.3) is 0 Å². The molecule has 0 aliphatic carbocycles. The molecule has 0 saturated heterocycles. The van der Waals surface area contributed by atoms with E-state index in [2.05, 4.69) is 34.6 Å². The summed E-state index contributed by atoms with van der Waals surface area (Å²) in [7, 11) is 0. The van der Waals surface area contributed by atoms with Crippen LogP contribution in [0.4, 0.5) is 0 Å². The molecule has 0 saturated carbocycles. The summed E-state index contributed by atoms with van der Waals surface area (Å²) in [5, 5.41) is 0. The third-order valence-corrected chi connectivity index (χ3v) is 6.48. The van der Waals surface area contributed by atoms with Crippen molar-refractivity contribution in [3.05, 3.63) is 0 Å². The van der Waals surface area contributed by atoms with Gasteiger partial charge >= 0.3 is 0 Å². The minimum atomic E-state index is 0.863. The van der Waals surface area contributed by atoms with Gasteiger partial charge in [0.1, 0.15) is 0 Å². The maximum absolute atomic E-state index is 2.48. The molecule has 0 heteroatoms. The zero-order valence-corrected chi connectivity index (χ0v) is 20.9. The normalized spacial score (nSPS) is 13.9. The molecule has 0 spiro atoms. The Morgan fingerprint density at radius 3 is 1.11 bits per heavy atom. The Morgan fingerprint density at radius 2 is 0.750 bits per heavy atom. The van der Waals surface area contributed by atoms with Gasteiger partial charge in [0, 0.05) is 0 Å². The Labute approximate surface area is 181 Å². The quantitative estimate of drug-likeness (QED) is 0.160. The minimum absolute atomic E-state index is 0.863. The number of rotatable bonds is 22. The Morgan fingerprint density at radius 1 is 0.393 bits per heavy atom. The average Bonchev–Trinajstić information content (AvgIpc) is 2.63. The molecular weight excluding hydrogens is 336 g/mol. The first-order valence-electron chi connectivity index (χ1n) is 13.6. The van der Waals surface area contributed by atoms with Crippen molar-refractivity contribution < 1.29 is 0 Å². The van der Waals surface area contributed by atoms with Gasteiger partial charge in [0.15, 0.2) is 0 Å². The lowest BCUT2D eigenvalue weighted by Gasteiger charge is -2.18. The molecule has 0 bridgehead atoms. The zero-order valence-electron chi connectivity index (χ0n) is 20.9. The maximum Gasteiger partial charge on any atom is -0.0438 e. The Bertz CT molecular complexity index is 280. The summed E-state index contributed by atoms with van der Waals surface area (Å²) in [4.78, 5) is 0. The van der Waals surface area contributed by atoms with E-state index in [1.165, 1.54) is 128 Å². The van der Waals surface area contributed by atoms with Gasteiger partial charge in [-0.15, -0.1) is 0 Å². The average molecular weight is 395 g/mol. The fraction of sp³-hybridized carbons (Fsp3) is 1.00. The molecular formula is C28H58. The lowest BCUT2D eigenvalue weighted by atomic mass is 9.88. The van der Waals surface area contributed by atoms with Gasteiger partial charge in [0.05, 0.1) is 0 Å². The highest BCUT2D eigenvalue weighted by Crippen LogP contribution is 2.23. The first-order valence-corrected chi connectivity index (χ1v) is 13.6. The van der Waals surface area contributed by atoms with E-state index < -0.39 is 0 Å². The standard InChI is InChI=1S/C28H58/c1-6-7-8-9-10-11-12-13-14-15-16-17-18-19-20-21-22-23-27(4)25-28(5)24-26(2)3/h26-28H,6-25H2,1-5H3. The van der Waals surface area contributed by atoms with Crippen LogP contribution in [0, 0.1) is 17.8 Å². The summed E-state index contributed by atoms with van der Waals surface area (Å²) in [5.41, 5.74) is 0. The molecule has 0 nitrogen and oxygen atoms in total. The van der Waals surface area contributed by atoms with Crippen LogP contribution in [0.2, 0.25) is 0 Å². The molecule has 0 heterocycles. The Kier molecular flexibility index (Phi) is 21.7. The molecule has 0 fully saturated rings. The van der Waals surface area contributed by atoms with Gasteiger partial charge in [-0.2, -0.15) is 0 Å². The van der Waals surface area contributed by atoms with E-state index >= 15 is 0 Å². The van der Waals surface area contributed by atoms with Crippen molar-refractivity contribution in [2.45, 2.75) is 163 Å². The fourth-order valence-electron chi connectivity index (χ4n) is 4.92. The van der Waals surface area contributed by atoms with E-state index in [4.69, 9.17) is 0 Å². The number of hydrogen-bond donors (Lipinski definition) is 0. The maximum atomic E-state index is 2.48. The molecule has 2 unspecified atom stereocenters. The van der Waals surface area contributed by atoms with Crippen molar-refractivity contribution in [1.29, 1.82) is 0 Å². The van der Waals surface area contributed by atoms with Gasteiger partial charge < -0.3 is 0 Å². The topological polar surface area (TPSA) is 0 Å². The van der Waals surface area contributed by atoms with Crippen molar-refractivity contribution >= 4 is 0 Å². The van der Waals surface area contributed by atoms with Crippen LogP contribution in [0.25, 0.3) is 0 Å². The van der Waals surface area contributed by atoms with Crippen molar-refractivity contribution in [1.82, 2.24) is 0 Å². The molecule has 28 heavy (non-hydrogen) atoms. The van der Waals surface area contributed by atoms with Gasteiger partial charge in [-0.25, -0.2) is 0 Å². The van der Waals surface area contributed by atoms with E-state index in [9.17, 15) is 0 Å². The van der Waals surface area contributed by atoms with Crippen LogP contribution in [0.15, 0.2) is 0 Å². The number of hydrogen-bond acceptors (Lipinski definition) is 0. The summed E-state index contributed by atoms with van der Waals surface area (Å²) in [6.07, 6.45) is 29.3. The highest BCUT2D eigenvalue weighted by molar-refractivity contribution is 4.62. The van der Waals surface area contributed by atoms with Crippen LogP contribution in [0.3, 0.4) is 0 Å². The largest absolute Gasteiger partial charge is 0.0654 e. The molecule has 0 amide bonds. The lowest BCUT2D eigenvalue weighted by Crippen LogP contribution is -2.06. The van der Waals surface area contributed by atoms with Crippen molar-refractivity contribution in [3.8, 4) is 0 Å². The van der Waals surface area contributed by atoms with Crippen LogP contribution in [-0.4, -0.2) is 0 Å². The molecule has 0 rings (SSSR count). The van der Waals surface area contributed by atoms with E-state index in [0.29, 0.717) is 0 Å². The zero-order chi connectivity index (χ0) is 20.9. The van der Waals surface area contributed by atoms with Crippen LogP contribution in [-0.2, 0) is 0 Å². The van der Waals surface area contributed by atoms with E-state index in [0.717, 1.165) is 17.8 Å². The highest BCUT2D eigenvalue weighted by atomic mass is 14.2. The van der Waals surface area contributed by atoms with Crippen molar-refractivity contribution in [3.63, 3.8) is 0 Å². The smallest absolute Gasteiger partial charge is 0.0438 e. The SMILES string of the molecule is CCCCCCCCCCCCCCCCCCCC(C)CC(C)CC(C)C. The van der Waals surface area contributed by atoms with Crippen molar-refractivity contribution in [2.75, 3.05) is 0 Å². The monoisotopic (exact) mass is 394 g/mol. The molecule has 0 radical (unpaired) electrons. The molecule has 2 atom stereocenters. The van der Waals surface area contributed by atoms with Gasteiger partial charge in [-0.05, 0) is 30.6 Å². The summed E-state index contributed by atoms with van der Waals surface area (Å²) in [6, 6.07) is 0. The highest BCUT2D eigenvalue weighted by Gasteiger charge is 2.10. The predicted molar refractivity (Wildman–Crippen MR) is 131 cm³/mol. The summed E-state index contributed by atoms with van der Waals surface area (Å²) >= 11 is 0. The third-order valence-electron chi connectivity index (χ3n) is 6.48. The van der Waals surface area contributed by atoms with Gasteiger partial charge in [-0.1, -0.05) is 150 Å². The molecule has 0 aliphatic rings. The molecule has 0 aliphatic heterocycles. The fourth-order valence-corrected chi connectivity index (χ4v) is 4.92. The lowest BCUT2D eigenvalue weighted by molar-refractivity contribution is 0.336. The summed E-state index contributed by atoms with van der Waals surface area (Å²) < 4.78 is 0. The van der Waals surface area contributed by atoms with E-state index in [1.807, 2.05) is 0 Å². The van der Waals surface area contributed by atoms with Crippen LogP contribution in [0.5, 0.6) is 0 Å². The second-order valence-electron chi connectivity index (χ2n) is 10.5. The van der Waals surface area contributed by atoms with Crippen LogP contribution in [0.1, 0.15) is 163 Å². The minimum Gasteiger partial charge on any atom is -0.0654 e. The van der Waals surface area contributed by atoms with Gasteiger partial charge in [0.2, 0.25) is 0 Å². The summed E-state index contributed by atoms with van der Waals surface area (Å²) in [6.45, 7) is 11.9. The molecule has 0 N–H and O–H groups in total. The molecule has 170 valence electrons. The first kappa shape index (κ1) is 28.0. The van der Waals surface area contributed by atoms with Crippen LogP contribution >= 0.6 is 0 Å². The van der Waals surface area contributed by atoms with Crippen molar-refractivity contribution in [2.24, 2.45) is 17.8 Å². The molecule has 0 aromatic heterocycles. The second-order valence-corrected chi connectivity index (χ2v) is 10.5. The number of unbranched alkanes of at least 4 members (excludes halogenated alkanes) is 16. The van der Waals surface area contributed by atoms with Gasteiger partial charge in [-0.3, -0.25) is 0 Å². The predicted octanol–water partition coefficient (Wildman–Crippen LogP) is 10.7. The Balaban J connectivity index is 3.17. The Hall–Kier alpha value is 0. The van der Waals surface area contributed by atoms with E-state index in [1.54, 1.807) is 0 Å². The second kappa shape index (κ2) is 21.7. The van der Waals surface area contributed by atoms with Crippen LogP contribution < -0.4 is 0 Å². The molecule has 0 aromatic carbocycles. The molecule has 0 aromatic rings. The summed E-state index contributed by atoms with van der Waals surface area (Å²) in [5.74, 6) is 2.72.